The van der Waals surface area contributed by atoms with E-state index in [1.54, 1.807) is 0 Å². The van der Waals surface area contributed by atoms with Crippen LogP contribution in [0.2, 0.25) is 0 Å². The zero-order valence-electron chi connectivity index (χ0n) is 10.7. The number of hydrogen-bond donors (Lipinski definition) is 0. The van der Waals surface area contributed by atoms with E-state index in [2.05, 4.69) is 20.6 Å². The van der Waals surface area contributed by atoms with E-state index in [9.17, 15) is 0 Å². The van der Waals surface area contributed by atoms with Crippen LogP contribution in [0.5, 0.6) is 5.88 Å². The fraction of sp³-hybridized carbons (Fsp3) is 0.846. The van der Waals surface area contributed by atoms with Gasteiger partial charge in [0.1, 0.15) is 5.69 Å². The zero-order valence-corrected chi connectivity index (χ0v) is 11.5. The summed E-state index contributed by atoms with van der Waals surface area (Å²) in [6.07, 6.45) is 3.77. The monoisotopic (exact) mass is 265 g/mol. The summed E-state index contributed by atoms with van der Waals surface area (Å²) in [5.41, 5.74) is 1.17. The maximum absolute atomic E-state index is 5.77. The molecule has 5 heteroatoms. The molecule has 3 aliphatic heterocycles. The molecule has 18 heavy (non-hydrogen) atoms. The van der Waals surface area contributed by atoms with Crippen molar-refractivity contribution in [3.05, 3.63) is 5.69 Å². The van der Waals surface area contributed by atoms with Crippen LogP contribution in [0.4, 0.5) is 0 Å². The van der Waals surface area contributed by atoms with Gasteiger partial charge in [-0.05, 0) is 31.1 Å². The molecular weight excluding hydrogens is 246 g/mol. The Balaban J connectivity index is 1.61. The summed E-state index contributed by atoms with van der Waals surface area (Å²) in [7, 11) is 0. The summed E-state index contributed by atoms with van der Waals surface area (Å²) in [6.45, 7) is 5.44. The first-order chi connectivity index (χ1) is 8.86. The molecule has 4 fully saturated rings. The Morgan fingerprint density at radius 1 is 1.28 bits per heavy atom. The van der Waals surface area contributed by atoms with Crippen LogP contribution in [0.1, 0.15) is 37.8 Å². The molecule has 1 aromatic heterocycles. The van der Waals surface area contributed by atoms with Gasteiger partial charge in [-0.3, -0.25) is 4.90 Å². The van der Waals surface area contributed by atoms with Gasteiger partial charge in [-0.2, -0.15) is 4.37 Å². The zero-order chi connectivity index (χ0) is 12.1. The van der Waals surface area contributed by atoms with Crippen molar-refractivity contribution in [2.24, 2.45) is 11.8 Å². The average molecular weight is 265 g/mol. The third-order valence-electron chi connectivity index (χ3n) is 4.86. The highest BCUT2D eigenvalue weighted by Crippen LogP contribution is 2.54. The van der Waals surface area contributed by atoms with Crippen molar-refractivity contribution in [3.63, 3.8) is 0 Å². The van der Waals surface area contributed by atoms with E-state index >= 15 is 0 Å². The van der Waals surface area contributed by atoms with Gasteiger partial charge in [0.05, 0.1) is 18.3 Å². The third kappa shape index (κ3) is 1.53. The van der Waals surface area contributed by atoms with E-state index in [0.29, 0.717) is 5.92 Å². The van der Waals surface area contributed by atoms with Crippen LogP contribution in [0.15, 0.2) is 0 Å². The first-order valence-corrected chi connectivity index (χ1v) is 7.79. The Bertz CT molecular complexity index is 419. The second-order valence-corrected chi connectivity index (χ2v) is 6.46. The molecule has 0 aromatic carbocycles. The lowest BCUT2D eigenvalue weighted by Gasteiger charge is -2.34. The lowest BCUT2D eigenvalue weighted by molar-refractivity contribution is 0.211. The fourth-order valence-corrected chi connectivity index (χ4v) is 4.81. The molecule has 1 aromatic rings. The van der Waals surface area contributed by atoms with E-state index in [0.717, 1.165) is 36.8 Å². The van der Waals surface area contributed by atoms with E-state index in [1.807, 2.05) is 0 Å². The van der Waals surface area contributed by atoms with Gasteiger partial charge in [-0.1, -0.05) is 6.92 Å². The molecule has 2 unspecified atom stereocenters. The summed E-state index contributed by atoms with van der Waals surface area (Å²) in [5, 5.41) is 0. The van der Waals surface area contributed by atoms with Crippen LogP contribution in [0.25, 0.3) is 0 Å². The molecule has 5 rings (SSSR count). The quantitative estimate of drug-likeness (QED) is 0.836. The predicted molar refractivity (Wildman–Crippen MR) is 70.0 cm³/mol. The summed E-state index contributed by atoms with van der Waals surface area (Å²) in [5.74, 6) is 3.05. The average Bonchev–Trinajstić information content (AvgIpc) is 3.01. The second kappa shape index (κ2) is 4.17. The van der Waals surface area contributed by atoms with E-state index in [-0.39, 0.29) is 0 Å². The molecule has 3 saturated heterocycles. The van der Waals surface area contributed by atoms with Gasteiger partial charge in [0, 0.05) is 25.0 Å². The lowest BCUT2D eigenvalue weighted by atomic mass is 9.72. The van der Waals surface area contributed by atoms with Crippen LogP contribution in [0, 0.1) is 11.8 Å². The van der Waals surface area contributed by atoms with Crippen molar-refractivity contribution in [1.29, 1.82) is 0 Å². The van der Waals surface area contributed by atoms with Gasteiger partial charge < -0.3 is 4.74 Å². The number of ether oxygens (including phenoxy) is 1. The predicted octanol–water partition coefficient (Wildman–Crippen LogP) is 2.13. The normalized spacial score (nSPS) is 40.6. The maximum Gasteiger partial charge on any atom is 0.249 e. The van der Waals surface area contributed by atoms with E-state index in [4.69, 9.17) is 4.74 Å². The molecular formula is C13H19N3OS. The number of piperidine rings is 1. The van der Waals surface area contributed by atoms with E-state index < -0.39 is 0 Å². The van der Waals surface area contributed by atoms with Crippen LogP contribution >= 0.6 is 11.7 Å². The SMILES string of the molecule is CCCOc1nsnc1C1C2CC3CC1CN3C2. The van der Waals surface area contributed by atoms with Gasteiger partial charge >= 0.3 is 0 Å². The van der Waals surface area contributed by atoms with E-state index in [1.165, 1.54) is 43.4 Å². The first-order valence-electron chi connectivity index (χ1n) is 7.06. The van der Waals surface area contributed by atoms with Crippen LogP contribution in [0.3, 0.4) is 0 Å². The minimum Gasteiger partial charge on any atom is -0.476 e. The molecule has 0 N–H and O–H groups in total. The van der Waals surface area contributed by atoms with Crippen molar-refractivity contribution in [2.45, 2.75) is 38.1 Å². The highest BCUT2D eigenvalue weighted by molar-refractivity contribution is 6.99. The molecule has 1 saturated carbocycles. The molecule has 98 valence electrons. The number of nitrogens with zero attached hydrogens (tertiary/aromatic N) is 3. The summed E-state index contributed by atoms with van der Waals surface area (Å²) < 4.78 is 14.7. The van der Waals surface area contributed by atoms with Crippen LogP contribution in [-0.2, 0) is 0 Å². The molecule has 0 amide bonds. The second-order valence-electron chi connectivity index (χ2n) is 5.93. The molecule has 4 aliphatic rings. The number of hydrogen-bond acceptors (Lipinski definition) is 5. The first kappa shape index (κ1) is 11.2. The molecule has 0 spiro atoms. The van der Waals surface area contributed by atoms with Crippen molar-refractivity contribution in [3.8, 4) is 5.88 Å². The minimum absolute atomic E-state index is 0.616. The minimum atomic E-state index is 0.616. The Morgan fingerprint density at radius 3 is 2.72 bits per heavy atom. The Hall–Kier alpha value is -0.680. The van der Waals surface area contributed by atoms with Crippen molar-refractivity contribution >= 4 is 11.7 Å². The van der Waals surface area contributed by atoms with Gasteiger partial charge in [-0.25, -0.2) is 0 Å². The highest BCUT2D eigenvalue weighted by Gasteiger charge is 2.53. The molecule has 4 heterocycles. The van der Waals surface area contributed by atoms with Gasteiger partial charge in [-0.15, -0.1) is 4.37 Å². The largest absolute Gasteiger partial charge is 0.476 e. The maximum atomic E-state index is 5.77. The van der Waals surface area contributed by atoms with Gasteiger partial charge in [0.15, 0.2) is 0 Å². The molecule has 2 atom stereocenters. The highest BCUT2D eigenvalue weighted by atomic mass is 32.1. The smallest absolute Gasteiger partial charge is 0.249 e. The Labute approximate surface area is 112 Å². The Kier molecular flexibility index (Phi) is 2.59. The van der Waals surface area contributed by atoms with Crippen molar-refractivity contribution < 1.29 is 4.74 Å². The lowest BCUT2D eigenvalue weighted by Crippen LogP contribution is -2.34. The van der Waals surface area contributed by atoms with Gasteiger partial charge in [0.2, 0.25) is 5.88 Å². The topological polar surface area (TPSA) is 38.3 Å². The van der Waals surface area contributed by atoms with Crippen molar-refractivity contribution in [1.82, 2.24) is 13.6 Å². The summed E-state index contributed by atoms with van der Waals surface area (Å²) in [6, 6.07) is 0.878. The number of aromatic nitrogens is 2. The fourth-order valence-electron chi connectivity index (χ4n) is 4.26. The molecule has 4 nitrogen and oxygen atoms in total. The summed E-state index contributed by atoms with van der Waals surface area (Å²) >= 11 is 1.32. The van der Waals surface area contributed by atoms with Crippen molar-refractivity contribution in [2.75, 3.05) is 19.7 Å². The molecule has 4 bridgehead atoms. The Morgan fingerprint density at radius 2 is 2.06 bits per heavy atom. The third-order valence-corrected chi connectivity index (χ3v) is 5.39. The molecule has 1 aliphatic carbocycles. The summed E-state index contributed by atoms with van der Waals surface area (Å²) in [4.78, 5) is 2.68. The van der Waals surface area contributed by atoms with Crippen LogP contribution in [-0.4, -0.2) is 39.4 Å². The van der Waals surface area contributed by atoms with Crippen LogP contribution < -0.4 is 4.74 Å². The molecule has 0 radical (unpaired) electrons. The standard InChI is InChI=1S/C13H19N3OS/c1-2-3-17-13-12(14-18-15-13)11-8-4-10-5-9(11)7-16(10)6-8/h8-11H,2-7H2,1H3. The van der Waals surface area contributed by atoms with Gasteiger partial charge in [0.25, 0.3) is 0 Å². The number of rotatable bonds is 4.